The van der Waals surface area contributed by atoms with E-state index in [-0.39, 0.29) is 12.4 Å². The van der Waals surface area contributed by atoms with Gasteiger partial charge in [-0.15, -0.1) is 0 Å². The molecule has 0 aromatic carbocycles. The molecule has 0 amide bonds. The summed E-state index contributed by atoms with van der Waals surface area (Å²) in [6.45, 7) is 2.29. The molecule has 0 saturated carbocycles. The second kappa shape index (κ2) is 5.50. The minimum Gasteiger partial charge on any atom is -0.454 e. The van der Waals surface area contributed by atoms with Crippen LogP contribution in [-0.2, 0) is 11.3 Å². The lowest BCUT2D eigenvalue weighted by Crippen LogP contribution is -2.05. The predicted octanol–water partition coefficient (Wildman–Crippen LogP) is 1.85. The van der Waals surface area contributed by atoms with Crippen molar-refractivity contribution in [2.45, 2.75) is 19.9 Å². The summed E-state index contributed by atoms with van der Waals surface area (Å²) < 4.78 is 6.16. The van der Waals surface area contributed by atoms with Crippen molar-refractivity contribution in [3.8, 4) is 0 Å². The molecule has 0 aliphatic heterocycles. The molecule has 1 heterocycles. The summed E-state index contributed by atoms with van der Waals surface area (Å²) in [5.74, 6) is -0.0686. The normalized spacial score (nSPS) is 10.0. The highest BCUT2D eigenvalue weighted by atomic mass is 35.5. The highest BCUT2D eigenvalue weighted by Crippen LogP contribution is 1.98. The first kappa shape index (κ1) is 11.7. The van der Waals surface area contributed by atoms with Crippen LogP contribution in [0.25, 0.3) is 0 Å². The molecule has 5 nitrogen and oxygen atoms in total. The third-order valence-electron chi connectivity index (χ3n) is 1.75. The van der Waals surface area contributed by atoms with Gasteiger partial charge in [0.1, 0.15) is 5.69 Å². The number of Topliss-reactive ketones (excluding diaryl/α,β-unsaturated/α-hetero) is 1. The number of aromatic nitrogens is 2. The monoisotopic (exact) mass is 230 g/mol. The zero-order valence-electron chi connectivity index (χ0n) is 8.27. The van der Waals surface area contributed by atoms with E-state index in [0.717, 1.165) is 0 Å². The number of halogens is 1. The number of carbonyl (C=O) groups excluding carboxylic acids is 2. The predicted molar refractivity (Wildman–Crippen MR) is 54.0 cm³/mol. The third kappa shape index (κ3) is 4.12. The summed E-state index contributed by atoms with van der Waals surface area (Å²) in [6.07, 6.45) is 2.32. The Hall–Kier alpha value is -1.36. The van der Waals surface area contributed by atoms with E-state index in [1.807, 2.05) is 0 Å². The lowest BCUT2D eigenvalue weighted by Gasteiger charge is -2.01. The molecule has 0 fully saturated rings. The molecule has 0 spiro atoms. The van der Waals surface area contributed by atoms with E-state index in [1.165, 1.54) is 6.92 Å². The fourth-order valence-electron chi connectivity index (χ4n) is 1.05. The maximum absolute atomic E-state index is 10.9. The second-order valence-electron chi connectivity index (χ2n) is 2.96. The van der Waals surface area contributed by atoms with Gasteiger partial charge in [-0.1, -0.05) is 0 Å². The van der Waals surface area contributed by atoms with Gasteiger partial charge in [-0.05, 0) is 6.07 Å². The van der Waals surface area contributed by atoms with Gasteiger partial charge in [-0.2, -0.15) is 5.10 Å². The fraction of sp³-hybridized carbons (Fsp3) is 0.444. The molecule has 1 rings (SSSR count). The van der Waals surface area contributed by atoms with E-state index in [9.17, 15) is 9.59 Å². The Morgan fingerprint density at radius 1 is 1.60 bits per heavy atom. The van der Waals surface area contributed by atoms with Gasteiger partial charge in [0.05, 0.1) is 6.61 Å². The molecule has 82 valence electrons. The molecule has 0 bridgehead atoms. The van der Waals surface area contributed by atoms with Crippen molar-refractivity contribution in [2.75, 3.05) is 6.61 Å². The quantitative estimate of drug-likeness (QED) is 0.440. The van der Waals surface area contributed by atoms with Gasteiger partial charge in [-0.3, -0.25) is 9.48 Å². The van der Waals surface area contributed by atoms with Gasteiger partial charge in [0.2, 0.25) is 0 Å². The summed E-state index contributed by atoms with van der Waals surface area (Å²) in [5.41, 5.74) is -0.371. The first-order valence-electron chi connectivity index (χ1n) is 4.46. The second-order valence-corrected chi connectivity index (χ2v) is 3.27. The van der Waals surface area contributed by atoms with Crippen molar-refractivity contribution < 1.29 is 14.3 Å². The molecule has 0 aliphatic carbocycles. The zero-order chi connectivity index (χ0) is 11.3. The summed E-state index contributed by atoms with van der Waals surface area (Å²) in [7, 11) is 0. The molecule has 0 N–H and O–H groups in total. The average Bonchev–Trinajstić information content (AvgIpc) is 2.60. The number of rotatable bonds is 5. The number of hydrogen-bond donors (Lipinski definition) is 0. The number of carbonyl (C=O) groups is 2. The van der Waals surface area contributed by atoms with E-state index in [0.29, 0.717) is 18.7 Å². The topological polar surface area (TPSA) is 61.2 Å². The lowest BCUT2D eigenvalue weighted by atomic mass is 10.3. The number of nitrogens with zero attached hydrogens (tertiary/aromatic N) is 2. The molecule has 1 aromatic rings. The van der Waals surface area contributed by atoms with Crippen molar-refractivity contribution in [2.24, 2.45) is 0 Å². The third-order valence-corrected chi connectivity index (χ3v) is 1.86. The number of hydrogen-bond acceptors (Lipinski definition) is 4. The average molecular weight is 231 g/mol. The highest BCUT2D eigenvalue weighted by Gasteiger charge is 2.03. The summed E-state index contributed by atoms with van der Waals surface area (Å²) >= 11 is 4.98. The van der Waals surface area contributed by atoms with Crippen molar-refractivity contribution in [3.05, 3.63) is 18.0 Å². The van der Waals surface area contributed by atoms with Crippen LogP contribution in [0.15, 0.2) is 12.3 Å². The molecular weight excluding hydrogens is 220 g/mol. The Morgan fingerprint density at radius 2 is 2.33 bits per heavy atom. The summed E-state index contributed by atoms with van der Waals surface area (Å²) in [6, 6.07) is 1.65. The Kier molecular flexibility index (Phi) is 4.30. The number of ether oxygens (including phenoxy) is 1. The van der Waals surface area contributed by atoms with Crippen molar-refractivity contribution in [1.29, 1.82) is 0 Å². The van der Waals surface area contributed by atoms with E-state index in [2.05, 4.69) is 9.84 Å². The molecule has 1 aromatic heterocycles. The van der Waals surface area contributed by atoms with Crippen molar-refractivity contribution >= 4 is 22.8 Å². The lowest BCUT2D eigenvalue weighted by molar-refractivity contribution is 0.101. The largest absolute Gasteiger partial charge is 0.454 e. The van der Waals surface area contributed by atoms with E-state index >= 15 is 0 Å². The van der Waals surface area contributed by atoms with E-state index in [1.54, 1.807) is 16.9 Å². The first-order chi connectivity index (χ1) is 7.09. The van der Waals surface area contributed by atoms with Crippen LogP contribution in [0.2, 0.25) is 0 Å². The van der Waals surface area contributed by atoms with Crippen molar-refractivity contribution in [1.82, 2.24) is 9.78 Å². The summed E-state index contributed by atoms with van der Waals surface area (Å²) in [4.78, 5) is 21.1. The smallest absolute Gasteiger partial charge is 0.403 e. The molecule has 0 radical (unpaired) electrons. The molecule has 0 atom stereocenters. The van der Waals surface area contributed by atoms with Crippen LogP contribution < -0.4 is 0 Å². The van der Waals surface area contributed by atoms with Crippen LogP contribution >= 0.6 is 11.6 Å². The zero-order valence-corrected chi connectivity index (χ0v) is 9.03. The fourth-order valence-corrected chi connectivity index (χ4v) is 1.13. The van der Waals surface area contributed by atoms with Crippen molar-refractivity contribution in [3.63, 3.8) is 0 Å². The van der Waals surface area contributed by atoms with E-state index in [4.69, 9.17) is 11.6 Å². The Bertz CT molecular complexity index is 362. The molecule has 0 aliphatic rings. The Labute approximate surface area is 92.0 Å². The standard InChI is InChI=1S/C9H11ClN2O3/c1-7(13)8-3-5-12(11-8)4-2-6-15-9(10)14/h3,5H,2,4,6H2,1H3. The minimum absolute atomic E-state index is 0.0686. The van der Waals surface area contributed by atoms with Gasteiger partial charge in [0.25, 0.3) is 0 Å². The van der Waals surface area contributed by atoms with Gasteiger partial charge in [0.15, 0.2) is 5.78 Å². The van der Waals surface area contributed by atoms with Crippen LogP contribution in [0, 0.1) is 0 Å². The van der Waals surface area contributed by atoms with Gasteiger partial charge < -0.3 is 4.74 Å². The minimum atomic E-state index is -0.806. The van der Waals surface area contributed by atoms with Gasteiger partial charge in [0, 0.05) is 37.7 Å². The van der Waals surface area contributed by atoms with Crippen LogP contribution in [0.4, 0.5) is 4.79 Å². The Balaban J connectivity index is 2.31. The van der Waals surface area contributed by atoms with Crippen LogP contribution in [0.3, 0.4) is 0 Å². The number of aryl methyl sites for hydroxylation is 1. The first-order valence-corrected chi connectivity index (χ1v) is 4.84. The molecule has 6 heteroatoms. The molecule has 0 saturated heterocycles. The molecule has 15 heavy (non-hydrogen) atoms. The highest BCUT2D eigenvalue weighted by molar-refractivity contribution is 6.61. The maximum Gasteiger partial charge on any atom is 0.403 e. The van der Waals surface area contributed by atoms with Gasteiger partial charge >= 0.3 is 5.43 Å². The van der Waals surface area contributed by atoms with Crippen LogP contribution in [0.1, 0.15) is 23.8 Å². The summed E-state index contributed by atoms with van der Waals surface area (Å²) in [5, 5.41) is 4.02. The molecule has 0 unspecified atom stereocenters. The SMILES string of the molecule is CC(=O)c1ccn(CCCOC(=O)Cl)n1. The molecular formula is C9H11ClN2O3. The number of ketones is 1. The maximum atomic E-state index is 10.9. The van der Waals surface area contributed by atoms with E-state index < -0.39 is 5.43 Å². The van der Waals surface area contributed by atoms with Gasteiger partial charge in [-0.25, -0.2) is 4.79 Å². The van der Waals surface area contributed by atoms with Crippen LogP contribution in [0.5, 0.6) is 0 Å². The van der Waals surface area contributed by atoms with Crippen LogP contribution in [-0.4, -0.2) is 27.6 Å². The Morgan fingerprint density at radius 3 is 2.87 bits per heavy atom.